The molecule has 0 bridgehead atoms. The highest BCUT2D eigenvalue weighted by molar-refractivity contribution is 5.85. The predicted octanol–water partition coefficient (Wildman–Crippen LogP) is 1.56. The summed E-state index contributed by atoms with van der Waals surface area (Å²) in [5.74, 6) is 0.777. The number of nitrogens with zero attached hydrogens (tertiary/aromatic N) is 3. The predicted molar refractivity (Wildman–Crippen MR) is 70.5 cm³/mol. The zero-order valence-electron chi connectivity index (χ0n) is 9.89. The van der Waals surface area contributed by atoms with Crippen LogP contribution < -0.4 is 10.2 Å². The number of aromatic nitrogens is 1. The van der Waals surface area contributed by atoms with Gasteiger partial charge in [-0.2, -0.15) is 5.26 Å². The van der Waals surface area contributed by atoms with Crippen LogP contribution in [0.25, 0.3) is 0 Å². The van der Waals surface area contributed by atoms with Crippen LogP contribution in [0.4, 0.5) is 5.82 Å². The van der Waals surface area contributed by atoms with Crippen LogP contribution in [0, 0.1) is 11.3 Å². The molecule has 0 aliphatic carbocycles. The third-order valence-corrected chi connectivity index (χ3v) is 2.93. The number of hydrogen-bond acceptors (Lipinski definition) is 4. The summed E-state index contributed by atoms with van der Waals surface area (Å²) in [5.41, 5.74) is 0.642. The molecule has 1 fully saturated rings. The van der Waals surface area contributed by atoms with E-state index in [1.165, 1.54) is 12.8 Å². The van der Waals surface area contributed by atoms with E-state index in [0.717, 1.165) is 18.9 Å². The summed E-state index contributed by atoms with van der Waals surface area (Å²) in [7, 11) is 1.99. The van der Waals surface area contributed by atoms with Crippen molar-refractivity contribution in [1.82, 2.24) is 10.3 Å². The molecule has 0 radical (unpaired) electrons. The third-order valence-electron chi connectivity index (χ3n) is 2.93. The lowest BCUT2D eigenvalue weighted by Gasteiger charge is -2.22. The van der Waals surface area contributed by atoms with Crippen molar-refractivity contribution < 1.29 is 0 Å². The van der Waals surface area contributed by atoms with Crippen LogP contribution in [0.3, 0.4) is 0 Å². The maximum absolute atomic E-state index is 9.00. The van der Waals surface area contributed by atoms with Gasteiger partial charge in [-0.1, -0.05) is 0 Å². The number of likely N-dealkylation sites (N-methyl/N-ethyl adjacent to an activating group) is 1. The minimum Gasteiger partial charge on any atom is -0.357 e. The van der Waals surface area contributed by atoms with Gasteiger partial charge in [-0.05, 0) is 31.5 Å². The Morgan fingerprint density at radius 1 is 1.65 bits per heavy atom. The Morgan fingerprint density at radius 2 is 2.47 bits per heavy atom. The van der Waals surface area contributed by atoms with Gasteiger partial charge in [0.15, 0.2) is 0 Å². The highest BCUT2D eigenvalue weighted by atomic mass is 35.5. The van der Waals surface area contributed by atoms with Crippen LogP contribution >= 0.6 is 12.4 Å². The lowest BCUT2D eigenvalue weighted by Crippen LogP contribution is -2.36. The van der Waals surface area contributed by atoms with Crippen molar-refractivity contribution in [2.75, 3.05) is 25.0 Å². The molecule has 2 rings (SSSR count). The summed E-state index contributed by atoms with van der Waals surface area (Å²) >= 11 is 0. The van der Waals surface area contributed by atoms with Gasteiger partial charge in [0.05, 0.1) is 5.56 Å². The zero-order chi connectivity index (χ0) is 11.4. The van der Waals surface area contributed by atoms with E-state index in [2.05, 4.69) is 21.3 Å². The van der Waals surface area contributed by atoms with E-state index in [1.807, 2.05) is 7.05 Å². The van der Waals surface area contributed by atoms with Gasteiger partial charge in [0.1, 0.15) is 11.9 Å². The van der Waals surface area contributed by atoms with E-state index in [9.17, 15) is 0 Å². The van der Waals surface area contributed by atoms with Gasteiger partial charge in [-0.15, -0.1) is 12.4 Å². The standard InChI is InChI=1S/C12H16N4.ClH/c1-16(9-11-5-3-6-14-11)12-10(8-13)4-2-7-15-12;/h2,4,7,11,14H,3,5-6,9H2,1H3;1H. The van der Waals surface area contributed by atoms with E-state index in [4.69, 9.17) is 5.26 Å². The van der Waals surface area contributed by atoms with E-state index in [-0.39, 0.29) is 12.4 Å². The second-order valence-corrected chi connectivity index (χ2v) is 4.16. The number of hydrogen-bond donors (Lipinski definition) is 1. The smallest absolute Gasteiger partial charge is 0.146 e. The maximum Gasteiger partial charge on any atom is 0.146 e. The number of nitrogens with one attached hydrogen (secondary N) is 1. The molecule has 1 N–H and O–H groups in total. The molecule has 17 heavy (non-hydrogen) atoms. The van der Waals surface area contributed by atoms with Crippen molar-refractivity contribution in [2.45, 2.75) is 18.9 Å². The summed E-state index contributed by atoms with van der Waals surface area (Å²) in [6, 6.07) is 6.31. The molecule has 1 aliphatic heterocycles. The fourth-order valence-electron chi connectivity index (χ4n) is 2.12. The molecule has 4 nitrogen and oxygen atoms in total. The molecule has 1 aromatic rings. The van der Waals surface area contributed by atoms with Crippen molar-refractivity contribution in [1.29, 1.82) is 5.26 Å². The maximum atomic E-state index is 9.00. The van der Waals surface area contributed by atoms with Gasteiger partial charge in [0.2, 0.25) is 0 Å². The number of anilines is 1. The monoisotopic (exact) mass is 252 g/mol. The summed E-state index contributed by atoms with van der Waals surface area (Å²) in [6.45, 7) is 2.01. The van der Waals surface area contributed by atoms with Crippen LogP contribution in [-0.2, 0) is 0 Å². The normalized spacial score (nSPS) is 18.2. The molecule has 0 spiro atoms. The second kappa shape index (κ2) is 6.43. The van der Waals surface area contributed by atoms with Gasteiger partial charge in [-0.3, -0.25) is 0 Å². The van der Waals surface area contributed by atoms with Gasteiger partial charge >= 0.3 is 0 Å². The Morgan fingerprint density at radius 3 is 3.12 bits per heavy atom. The van der Waals surface area contributed by atoms with Gasteiger partial charge in [0.25, 0.3) is 0 Å². The first-order valence-electron chi connectivity index (χ1n) is 5.61. The molecule has 1 aromatic heterocycles. The van der Waals surface area contributed by atoms with Crippen LogP contribution in [0.2, 0.25) is 0 Å². The fourth-order valence-corrected chi connectivity index (χ4v) is 2.12. The van der Waals surface area contributed by atoms with E-state index in [0.29, 0.717) is 11.6 Å². The molecule has 1 atom stereocenters. The number of rotatable bonds is 3. The fraction of sp³-hybridized carbons (Fsp3) is 0.500. The van der Waals surface area contributed by atoms with Crippen molar-refractivity contribution >= 4 is 18.2 Å². The first-order chi connectivity index (χ1) is 7.81. The first kappa shape index (κ1) is 13.8. The lowest BCUT2D eigenvalue weighted by atomic mass is 10.2. The SMILES string of the molecule is CN(CC1CCCN1)c1ncccc1C#N.Cl. The molecule has 5 heteroatoms. The highest BCUT2D eigenvalue weighted by Crippen LogP contribution is 2.16. The van der Waals surface area contributed by atoms with Crippen LogP contribution in [0.15, 0.2) is 18.3 Å². The largest absolute Gasteiger partial charge is 0.357 e. The van der Waals surface area contributed by atoms with Crippen molar-refractivity contribution in [2.24, 2.45) is 0 Å². The first-order valence-corrected chi connectivity index (χ1v) is 5.61. The molecule has 92 valence electrons. The van der Waals surface area contributed by atoms with Gasteiger partial charge < -0.3 is 10.2 Å². The topological polar surface area (TPSA) is 52.0 Å². The summed E-state index contributed by atoms with van der Waals surface area (Å²) in [4.78, 5) is 6.32. The van der Waals surface area contributed by atoms with Crippen molar-refractivity contribution in [3.63, 3.8) is 0 Å². The average molecular weight is 253 g/mol. The summed E-state index contributed by atoms with van der Waals surface area (Å²) in [6.07, 6.45) is 4.18. The minimum atomic E-state index is 0. The van der Waals surface area contributed by atoms with Gasteiger partial charge in [0, 0.05) is 25.8 Å². The Bertz CT molecular complexity index is 396. The quantitative estimate of drug-likeness (QED) is 0.887. The molecule has 0 amide bonds. The molecule has 0 aromatic carbocycles. The molecular weight excluding hydrogens is 236 g/mol. The second-order valence-electron chi connectivity index (χ2n) is 4.16. The Hall–Kier alpha value is -1.31. The molecule has 2 heterocycles. The Balaban J connectivity index is 0.00000144. The highest BCUT2D eigenvalue weighted by Gasteiger charge is 2.17. The number of nitriles is 1. The van der Waals surface area contributed by atoms with Crippen LogP contribution in [0.1, 0.15) is 18.4 Å². The summed E-state index contributed by atoms with van der Waals surface area (Å²) in [5, 5.41) is 12.4. The van der Waals surface area contributed by atoms with Crippen LogP contribution in [-0.4, -0.2) is 31.2 Å². The van der Waals surface area contributed by atoms with E-state index < -0.39 is 0 Å². The lowest BCUT2D eigenvalue weighted by molar-refractivity contribution is 0.597. The third kappa shape index (κ3) is 3.32. The van der Waals surface area contributed by atoms with Crippen LogP contribution in [0.5, 0.6) is 0 Å². The van der Waals surface area contributed by atoms with E-state index in [1.54, 1.807) is 18.3 Å². The van der Waals surface area contributed by atoms with Crippen molar-refractivity contribution in [3.05, 3.63) is 23.9 Å². The Kier molecular flexibility index (Phi) is 5.20. The molecule has 1 unspecified atom stereocenters. The zero-order valence-corrected chi connectivity index (χ0v) is 10.7. The van der Waals surface area contributed by atoms with E-state index >= 15 is 0 Å². The molecular formula is C12H17ClN4. The Labute approximate surface area is 108 Å². The minimum absolute atomic E-state index is 0. The van der Waals surface area contributed by atoms with Crippen molar-refractivity contribution in [3.8, 4) is 6.07 Å². The average Bonchev–Trinajstić information content (AvgIpc) is 2.81. The molecule has 1 saturated heterocycles. The summed E-state index contributed by atoms with van der Waals surface area (Å²) < 4.78 is 0. The number of halogens is 1. The number of pyridine rings is 1. The van der Waals surface area contributed by atoms with Gasteiger partial charge in [-0.25, -0.2) is 4.98 Å². The molecule has 0 saturated carbocycles. The molecule has 1 aliphatic rings.